The lowest BCUT2D eigenvalue weighted by atomic mass is 9.80. The molecule has 1 N–H and O–H groups in total. The Kier molecular flexibility index (Phi) is 4.80. The quantitative estimate of drug-likeness (QED) is 0.830. The number of benzene rings is 1. The SMILES string of the molecule is Cc1cc(C2CCC2)oc(=O)c1C(=O)Nc1ccc(C2(C#N)CCCC2)cc1. The van der Waals surface area contributed by atoms with Crippen LogP contribution in [0, 0.1) is 18.3 Å². The van der Waals surface area contributed by atoms with Crippen LogP contribution < -0.4 is 10.9 Å². The predicted octanol–water partition coefficient (Wildman–Crippen LogP) is 4.80. The van der Waals surface area contributed by atoms with Gasteiger partial charge in [-0.1, -0.05) is 31.4 Å². The Morgan fingerprint density at radius 2 is 1.86 bits per heavy atom. The maximum Gasteiger partial charge on any atom is 0.349 e. The average Bonchev–Trinajstić information content (AvgIpc) is 3.10. The van der Waals surface area contributed by atoms with Crippen LogP contribution in [-0.2, 0) is 5.41 Å². The maximum atomic E-state index is 12.7. The van der Waals surface area contributed by atoms with E-state index in [1.54, 1.807) is 19.1 Å². The molecule has 1 heterocycles. The fourth-order valence-corrected chi connectivity index (χ4v) is 4.31. The molecule has 2 fully saturated rings. The van der Waals surface area contributed by atoms with Crippen molar-refractivity contribution in [3.8, 4) is 6.07 Å². The minimum absolute atomic E-state index is 0.0523. The molecule has 0 atom stereocenters. The summed E-state index contributed by atoms with van der Waals surface area (Å²) < 4.78 is 5.41. The monoisotopic (exact) mass is 376 g/mol. The van der Waals surface area contributed by atoms with E-state index in [0.717, 1.165) is 50.5 Å². The van der Waals surface area contributed by atoms with Gasteiger partial charge in [-0.05, 0) is 61.9 Å². The molecule has 0 spiro atoms. The van der Waals surface area contributed by atoms with E-state index in [9.17, 15) is 14.9 Å². The van der Waals surface area contributed by atoms with Crippen molar-refractivity contribution in [2.24, 2.45) is 0 Å². The van der Waals surface area contributed by atoms with Gasteiger partial charge in [0.05, 0.1) is 11.5 Å². The predicted molar refractivity (Wildman–Crippen MR) is 106 cm³/mol. The Morgan fingerprint density at radius 1 is 1.18 bits per heavy atom. The number of aryl methyl sites for hydroxylation is 1. The highest BCUT2D eigenvalue weighted by molar-refractivity contribution is 6.04. The molecule has 1 amide bonds. The molecule has 2 aliphatic carbocycles. The number of hydrogen-bond acceptors (Lipinski definition) is 4. The molecule has 1 aromatic carbocycles. The number of nitrogens with one attached hydrogen (secondary N) is 1. The van der Waals surface area contributed by atoms with Crippen molar-refractivity contribution in [1.82, 2.24) is 0 Å². The van der Waals surface area contributed by atoms with Gasteiger partial charge in [-0.2, -0.15) is 5.26 Å². The molecule has 5 nitrogen and oxygen atoms in total. The van der Waals surface area contributed by atoms with Gasteiger partial charge in [-0.3, -0.25) is 4.79 Å². The molecule has 0 unspecified atom stereocenters. The summed E-state index contributed by atoms with van der Waals surface area (Å²) in [6, 6.07) is 11.7. The van der Waals surface area contributed by atoms with Crippen LogP contribution in [0.1, 0.15) is 78.1 Å². The van der Waals surface area contributed by atoms with Crippen molar-refractivity contribution in [3.05, 3.63) is 63.2 Å². The smallest absolute Gasteiger partial charge is 0.349 e. The molecule has 2 aliphatic rings. The third-order valence-electron chi connectivity index (χ3n) is 6.27. The summed E-state index contributed by atoms with van der Waals surface area (Å²) in [7, 11) is 0. The van der Waals surface area contributed by atoms with Crippen LogP contribution in [0.3, 0.4) is 0 Å². The lowest BCUT2D eigenvalue weighted by Crippen LogP contribution is -2.24. The minimum Gasteiger partial charge on any atom is -0.427 e. The van der Waals surface area contributed by atoms with E-state index in [0.29, 0.717) is 22.9 Å². The van der Waals surface area contributed by atoms with Gasteiger partial charge >= 0.3 is 5.63 Å². The van der Waals surface area contributed by atoms with Crippen LogP contribution in [0.2, 0.25) is 0 Å². The van der Waals surface area contributed by atoms with Crippen LogP contribution >= 0.6 is 0 Å². The Balaban J connectivity index is 1.52. The lowest BCUT2D eigenvalue weighted by molar-refractivity contribution is 0.102. The molecule has 0 bridgehead atoms. The first kappa shape index (κ1) is 18.5. The van der Waals surface area contributed by atoms with E-state index < -0.39 is 16.9 Å². The number of hydrogen-bond donors (Lipinski definition) is 1. The summed E-state index contributed by atoms with van der Waals surface area (Å²) in [5, 5.41) is 12.4. The van der Waals surface area contributed by atoms with E-state index >= 15 is 0 Å². The van der Waals surface area contributed by atoms with Crippen molar-refractivity contribution < 1.29 is 9.21 Å². The van der Waals surface area contributed by atoms with Gasteiger partial charge in [-0.25, -0.2) is 4.79 Å². The molecular formula is C23H24N2O3. The fourth-order valence-electron chi connectivity index (χ4n) is 4.31. The summed E-state index contributed by atoms with van der Waals surface area (Å²) >= 11 is 0. The van der Waals surface area contributed by atoms with Gasteiger partial charge in [-0.15, -0.1) is 0 Å². The second-order valence-corrected chi connectivity index (χ2v) is 8.05. The van der Waals surface area contributed by atoms with Gasteiger partial charge < -0.3 is 9.73 Å². The third kappa shape index (κ3) is 3.24. The van der Waals surface area contributed by atoms with Crippen LogP contribution in [0.15, 0.2) is 39.5 Å². The van der Waals surface area contributed by atoms with Crippen molar-refractivity contribution in [2.45, 2.75) is 63.2 Å². The molecule has 1 aromatic heterocycles. The number of nitrogens with zero attached hydrogens (tertiary/aromatic N) is 1. The number of carbonyl (C=O) groups excluding carboxylic acids is 1. The molecule has 2 aromatic rings. The highest BCUT2D eigenvalue weighted by Gasteiger charge is 2.35. The van der Waals surface area contributed by atoms with E-state index in [1.807, 2.05) is 18.2 Å². The summed E-state index contributed by atoms with van der Waals surface area (Å²) in [6.45, 7) is 1.77. The molecule has 2 saturated carbocycles. The second-order valence-electron chi connectivity index (χ2n) is 8.05. The average molecular weight is 376 g/mol. The van der Waals surface area contributed by atoms with Crippen molar-refractivity contribution in [2.75, 3.05) is 5.32 Å². The van der Waals surface area contributed by atoms with E-state index in [-0.39, 0.29) is 5.56 Å². The number of carbonyl (C=O) groups is 1. The van der Waals surface area contributed by atoms with E-state index in [1.165, 1.54) is 0 Å². The zero-order valence-electron chi connectivity index (χ0n) is 16.1. The normalized spacial score (nSPS) is 18.3. The Labute approximate surface area is 164 Å². The first-order chi connectivity index (χ1) is 13.5. The highest BCUT2D eigenvalue weighted by atomic mass is 16.4. The molecule has 4 rings (SSSR count). The number of rotatable bonds is 4. The van der Waals surface area contributed by atoms with Gasteiger partial charge in [0.25, 0.3) is 5.91 Å². The van der Waals surface area contributed by atoms with Crippen LogP contribution in [0.4, 0.5) is 5.69 Å². The number of anilines is 1. The summed E-state index contributed by atoms with van der Waals surface area (Å²) in [5.74, 6) is 0.530. The van der Waals surface area contributed by atoms with Gasteiger partial charge in [0.15, 0.2) is 0 Å². The highest BCUT2D eigenvalue weighted by Crippen LogP contribution is 2.40. The molecule has 0 radical (unpaired) electrons. The molecule has 5 heteroatoms. The fraction of sp³-hybridized carbons (Fsp3) is 0.435. The Morgan fingerprint density at radius 3 is 2.39 bits per heavy atom. The van der Waals surface area contributed by atoms with Gasteiger partial charge in [0, 0.05) is 11.6 Å². The first-order valence-electron chi connectivity index (χ1n) is 10.0. The van der Waals surface area contributed by atoms with E-state index in [4.69, 9.17) is 4.42 Å². The number of amides is 1. The zero-order chi connectivity index (χ0) is 19.7. The molecular weight excluding hydrogens is 352 g/mol. The number of nitriles is 1. The summed E-state index contributed by atoms with van der Waals surface area (Å²) in [4.78, 5) is 25.0. The lowest BCUT2D eigenvalue weighted by Gasteiger charge is -2.24. The maximum absolute atomic E-state index is 12.7. The van der Waals surface area contributed by atoms with Gasteiger partial charge in [0.1, 0.15) is 11.3 Å². The van der Waals surface area contributed by atoms with Crippen molar-refractivity contribution in [3.63, 3.8) is 0 Å². The molecule has 144 valence electrons. The summed E-state index contributed by atoms with van der Waals surface area (Å²) in [6.07, 6.45) is 7.11. The Hall–Kier alpha value is -2.87. The third-order valence-corrected chi connectivity index (χ3v) is 6.27. The van der Waals surface area contributed by atoms with Crippen LogP contribution in [0.5, 0.6) is 0 Å². The molecule has 0 aliphatic heterocycles. The minimum atomic E-state index is -0.578. The molecule has 0 saturated heterocycles. The topological polar surface area (TPSA) is 83.1 Å². The Bertz CT molecular complexity index is 988. The summed E-state index contributed by atoms with van der Waals surface area (Å²) in [5.41, 5.74) is 1.30. The van der Waals surface area contributed by atoms with Crippen LogP contribution in [-0.4, -0.2) is 5.91 Å². The largest absolute Gasteiger partial charge is 0.427 e. The standard InChI is InChI=1S/C23H24N2O3/c1-15-13-19(16-5-4-6-16)28-22(27)20(15)21(26)25-18-9-7-17(8-10-18)23(14-24)11-2-3-12-23/h7-10,13,16H,2-6,11-12H2,1H3,(H,25,26). The van der Waals surface area contributed by atoms with Crippen molar-refractivity contribution >= 4 is 11.6 Å². The second kappa shape index (κ2) is 7.27. The van der Waals surface area contributed by atoms with Crippen LogP contribution in [0.25, 0.3) is 0 Å². The molecule has 28 heavy (non-hydrogen) atoms. The van der Waals surface area contributed by atoms with E-state index in [2.05, 4.69) is 11.4 Å². The van der Waals surface area contributed by atoms with Gasteiger partial charge in [0.2, 0.25) is 0 Å². The van der Waals surface area contributed by atoms with Crippen molar-refractivity contribution in [1.29, 1.82) is 5.26 Å². The first-order valence-corrected chi connectivity index (χ1v) is 10.0. The zero-order valence-corrected chi connectivity index (χ0v) is 16.1.